The van der Waals surface area contributed by atoms with Gasteiger partial charge in [0.25, 0.3) is 0 Å². The van der Waals surface area contributed by atoms with Gasteiger partial charge in [-0.3, -0.25) is 0 Å². The lowest BCUT2D eigenvalue weighted by atomic mass is 10.0. The second-order valence-corrected chi connectivity index (χ2v) is 6.15. The van der Waals surface area contributed by atoms with Gasteiger partial charge in [0.1, 0.15) is 0 Å². The van der Waals surface area contributed by atoms with Gasteiger partial charge in [-0.25, -0.2) is 0 Å². The van der Waals surface area contributed by atoms with Crippen LogP contribution >= 0.6 is 0 Å². The standard InChI is InChI=1S/C16H24O/c1-16(2,3)17-10-6-7-13-11-14-8-4-5-9-15(14)12-13/h4-5,8-9,13H,6-7,10-12H2,1-3H3. The maximum Gasteiger partial charge on any atom is 0.0598 e. The van der Waals surface area contributed by atoms with E-state index in [2.05, 4.69) is 45.0 Å². The Morgan fingerprint density at radius 3 is 2.24 bits per heavy atom. The lowest BCUT2D eigenvalue weighted by molar-refractivity contribution is -0.00579. The Hall–Kier alpha value is -0.820. The van der Waals surface area contributed by atoms with Crippen LogP contribution < -0.4 is 0 Å². The van der Waals surface area contributed by atoms with E-state index in [1.54, 1.807) is 11.1 Å². The Kier molecular flexibility index (Phi) is 3.88. The molecule has 0 N–H and O–H groups in total. The Morgan fingerprint density at radius 2 is 1.71 bits per heavy atom. The summed E-state index contributed by atoms with van der Waals surface area (Å²) in [5.74, 6) is 0.843. The van der Waals surface area contributed by atoms with E-state index in [0.29, 0.717) is 0 Å². The number of hydrogen-bond acceptors (Lipinski definition) is 1. The molecule has 0 amide bonds. The predicted molar refractivity (Wildman–Crippen MR) is 72.3 cm³/mol. The molecule has 0 unspecified atom stereocenters. The molecule has 0 fully saturated rings. The summed E-state index contributed by atoms with van der Waals surface area (Å²) in [6.07, 6.45) is 5.03. The van der Waals surface area contributed by atoms with Gasteiger partial charge < -0.3 is 4.74 Å². The predicted octanol–water partition coefficient (Wildman–Crippen LogP) is 4.00. The topological polar surface area (TPSA) is 9.23 Å². The lowest BCUT2D eigenvalue weighted by Crippen LogP contribution is -2.20. The van der Waals surface area contributed by atoms with Crippen LogP contribution in [0.25, 0.3) is 0 Å². The third-order valence-corrected chi connectivity index (χ3v) is 3.43. The minimum atomic E-state index is 0.0125. The van der Waals surface area contributed by atoms with Crippen molar-refractivity contribution in [3.05, 3.63) is 35.4 Å². The molecule has 94 valence electrons. The zero-order chi connectivity index (χ0) is 12.3. The summed E-state index contributed by atoms with van der Waals surface area (Å²) >= 11 is 0. The molecule has 0 spiro atoms. The molecule has 1 aromatic rings. The fourth-order valence-corrected chi connectivity index (χ4v) is 2.60. The molecule has 0 bridgehead atoms. The Labute approximate surface area is 105 Å². The summed E-state index contributed by atoms with van der Waals surface area (Å²) < 4.78 is 5.77. The summed E-state index contributed by atoms with van der Waals surface area (Å²) in [5, 5.41) is 0. The summed E-state index contributed by atoms with van der Waals surface area (Å²) in [7, 11) is 0. The number of fused-ring (bicyclic) bond motifs is 1. The Balaban J connectivity index is 1.70. The molecule has 0 heterocycles. The third-order valence-electron chi connectivity index (χ3n) is 3.43. The van der Waals surface area contributed by atoms with Gasteiger partial charge in [0.2, 0.25) is 0 Å². The van der Waals surface area contributed by atoms with Crippen LogP contribution in [-0.2, 0) is 17.6 Å². The molecule has 1 nitrogen and oxygen atoms in total. The van der Waals surface area contributed by atoms with E-state index < -0.39 is 0 Å². The molecule has 0 aromatic heterocycles. The quantitative estimate of drug-likeness (QED) is 0.713. The van der Waals surface area contributed by atoms with E-state index >= 15 is 0 Å². The van der Waals surface area contributed by atoms with E-state index in [1.807, 2.05) is 0 Å². The molecule has 1 aliphatic rings. The van der Waals surface area contributed by atoms with Crippen LogP contribution in [0.2, 0.25) is 0 Å². The van der Waals surface area contributed by atoms with Crippen molar-refractivity contribution in [3.63, 3.8) is 0 Å². The number of ether oxygens (including phenoxy) is 1. The van der Waals surface area contributed by atoms with Crippen molar-refractivity contribution in [2.75, 3.05) is 6.61 Å². The van der Waals surface area contributed by atoms with Crippen molar-refractivity contribution >= 4 is 0 Å². The molecule has 0 aliphatic heterocycles. The minimum absolute atomic E-state index is 0.0125. The van der Waals surface area contributed by atoms with Crippen molar-refractivity contribution in [2.45, 2.75) is 52.1 Å². The zero-order valence-corrected chi connectivity index (χ0v) is 11.3. The van der Waals surface area contributed by atoms with Gasteiger partial charge in [-0.2, -0.15) is 0 Å². The van der Waals surface area contributed by atoms with Crippen LogP contribution in [0.5, 0.6) is 0 Å². The van der Waals surface area contributed by atoms with E-state index in [0.717, 1.165) is 12.5 Å². The first-order valence-corrected chi connectivity index (χ1v) is 6.75. The minimum Gasteiger partial charge on any atom is -0.376 e. The molecule has 0 atom stereocenters. The Bertz CT molecular complexity index is 337. The van der Waals surface area contributed by atoms with E-state index in [4.69, 9.17) is 4.74 Å². The SMILES string of the molecule is CC(C)(C)OCCCC1Cc2ccccc2C1. The molecule has 17 heavy (non-hydrogen) atoms. The van der Waals surface area contributed by atoms with Crippen LogP contribution in [0, 0.1) is 5.92 Å². The molecule has 1 heteroatoms. The summed E-state index contributed by atoms with van der Waals surface area (Å²) in [6, 6.07) is 8.87. The molecule has 0 radical (unpaired) electrons. The average molecular weight is 232 g/mol. The van der Waals surface area contributed by atoms with Crippen LogP contribution in [0.15, 0.2) is 24.3 Å². The van der Waals surface area contributed by atoms with Gasteiger partial charge in [0.05, 0.1) is 5.60 Å². The van der Waals surface area contributed by atoms with Crippen molar-refractivity contribution in [3.8, 4) is 0 Å². The fraction of sp³-hybridized carbons (Fsp3) is 0.625. The van der Waals surface area contributed by atoms with Gasteiger partial charge in [0, 0.05) is 6.61 Å². The highest BCUT2D eigenvalue weighted by molar-refractivity contribution is 5.31. The van der Waals surface area contributed by atoms with Gasteiger partial charge >= 0.3 is 0 Å². The molecule has 1 aromatic carbocycles. The normalized spacial score (nSPS) is 16.2. The van der Waals surface area contributed by atoms with Crippen LogP contribution in [0.3, 0.4) is 0 Å². The van der Waals surface area contributed by atoms with Gasteiger partial charge in [-0.1, -0.05) is 24.3 Å². The maximum absolute atomic E-state index is 5.77. The molecule has 0 saturated heterocycles. The Morgan fingerprint density at radius 1 is 1.12 bits per heavy atom. The largest absolute Gasteiger partial charge is 0.376 e. The molecule has 2 rings (SSSR count). The molecular weight excluding hydrogens is 208 g/mol. The van der Waals surface area contributed by atoms with Gasteiger partial charge in [0.15, 0.2) is 0 Å². The van der Waals surface area contributed by atoms with E-state index in [9.17, 15) is 0 Å². The average Bonchev–Trinajstić information content (AvgIpc) is 2.65. The molecular formula is C16H24O. The molecule has 1 aliphatic carbocycles. The smallest absolute Gasteiger partial charge is 0.0598 e. The van der Waals surface area contributed by atoms with Crippen molar-refractivity contribution in [1.29, 1.82) is 0 Å². The van der Waals surface area contributed by atoms with Crippen molar-refractivity contribution < 1.29 is 4.74 Å². The van der Waals surface area contributed by atoms with Crippen LogP contribution in [-0.4, -0.2) is 12.2 Å². The maximum atomic E-state index is 5.77. The van der Waals surface area contributed by atoms with E-state index in [-0.39, 0.29) is 5.60 Å². The summed E-state index contributed by atoms with van der Waals surface area (Å²) in [4.78, 5) is 0. The number of hydrogen-bond donors (Lipinski definition) is 0. The zero-order valence-electron chi connectivity index (χ0n) is 11.3. The van der Waals surface area contributed by atoms with Crippen LogP contribution in [0.4, 0.5) is 0 Å². The number of benzene rings is 1. The number of rotatable bonds is 4. The fourth-order valence-electron chi connectivity index (χ4n) is 2.60. The first-order chi connectivity index (χ1) is 8.04. The highest BCUT2D eigenvalue weighted by Gasteiger charge is 2.20. The molecule has 0 saturated carbocycles. The van der Waals surface area contributed by atoms with Crippen LogP contribution in [0.1, 0.15) is 44.7 Å². The van der Waals surface area contributed by atoms with Gasteiger partial charge in [-0.05, 0) is 63.5 Å². The summed E-state index contributed by atoms with van der Waals surface area (Å²) in [6.45, 7) is 7.27. The van der Waals surface area contributed by atoms with Gasteiger partial charge in [-0.15, -0.1) is 0 Å². The third kappa shape index (κ3) is 3.85. The van der Waals surface area contributed by atoms with Crippen molar-refractivity contribution in [1.82, 2.24) is 0 Å². The second kappa shape index (κ2) is 5.22. The second-order valence-electron chi connectivity index (χ2n) is 6.15. The first-order valence-electron chi connectivity index (χ1n) is 6.75. The monoisotopic (exact) mass is 232 g/mol. The summed E-state index contributed by atoms with van der Waals surface area (Å²) in [5.41, 5.74) is 3.14. The lowest BCUT2D eigenvalue weighted by Gasteiger charge is -2.20. The highest BCUT2D eigenvalue weighted by Crippen LogP contribution is 2.29. The highest BCUT2D eigenvalue weighted by atomic mass is 16.5. The van der Waals surface area contributed by atoms with Crippen molar-refractivity contribution in [2.24, 2.45) is 5.92 Å². The first kappa shape index (κ1) is 12.6. The van der Waals surface area contributed by atoms with E-state index in [1.165, 1.54) is 25.7 Å².